The van der Waals surface area contributed by atoms with Gasteiger partial charge in [-0.2, -0.15) is 0 Å². The van der Waals surface area contributed by atoms with Crippen molar-refractivity contribution in [2.75, 3.05) is 0 Å². The second kappa shape index (κ2) is 11.4. The van der Waals surface area contributed by atoms with Crippen LogP contribution in [0.5, 0.6) is 0 Å². The van der Waals surface area contributed by atoms with E-state index < -0.39 is 0 Å². The molecular formula is C45H28N4S2. The van der Waals surface area contributed by atoms with E-state index in [2.05, 4.69) is 126 Å². The Morgan fingerprint density at radius 1 is 0.549 bits per heavy atom. The minimum absolute atomic E-state index is 0.261. The molecule has 0 fully saturated rings. The molecule has 0 amide bonds. The first-order chi connectivity index (χ1) is 25.3. The van der Waals surface area contributed by atoms with Gasteiger partial charge in [0.05, 0.1) is 22.0 Å². The van der Waals surface area contributed by atoms with Crippen molar-refractivity contribution in [2.24, 2.45) is 0 Å². The Morgan fingerprint density at radius 2 is 1.16 bits per heavy atom. The molecule has 2 aliphatic rings. The van der Waals surface area contributed by atoms with Crippen LogP contribution in [0.25, 0.3) is 77.8 Å². The van der Waals surface area contributed by atoms with Gasteiger partial charge in [0.1, 0.15) is 0 Å². The van der Waals surface area contributed by atoms with Crippen molar-refractivity contribution in [3.8, 4) is 39.9 Å². The van der Waals surface area contributed by atoms with Gasteiger partial charge < -0.3 is 4.57 Å². The van der Waals surface area contributed by atoms with E-state index in [1.807, 2.05) is 59.5 Å². The quantitative estimate of drug-likeness (QED) is 0.185. The first-order valence-corrected chi connectivity index (χ1v) is 18.9. The molecule has 3 aromatic heterocycles. The summed E-state index contributed by atoms with van der Waals surface area (Å²) in [7, 11) is 0. The van der Waals surface area contributed by atoms with Crippen LogP contribution in [-0.2, 0) is 0 Å². The molecule has 0 bridgehead atoms. The third kappa shape index (κ3) is 4.43. The molecule has 240 valence electrons. The van der Waals surface area contributed by atoms with E-state index in [-0.39, 0.29) is 11.2 Å². The van der Waals surface area contributed by atoms with E-state index in [9.17, 15) is 0 Å². The largest absolute Gasteiger partial charge is 0.309 e. The normalized spacial score (nSPS) is 16.1. The maximum absolute atomic E-state index is 5.12. The average molecular weight is 689 g/mol. The van der Waals surface area contributed by atoms with Crippen molar-refractivity contribution in [2.45, 2.75) is 16.1 Å². The van der Waals surface area contributed by atoms with Gasteiger partial charge in [0.25, 0.3) is 0 Å². The summed E-state index contributed by atoms with van der Waals surface area (Å²) in [6.07, 6.45) is 4.82. The number of rotatable bonds is 4. The van der Waals surface area contributed by atoms with Crippen molar-refractivity contribution in [1.82, 2.24) is 19.5 Å². The Bertz CT molecular complexity index is 2740. The van der Waals surface area contributed by atoms with Gasteiger partial charge in [-0.3, -0.25) is 0 Å². The van der Waals surface area contributed by atoms with Gasteiger partial charge in [-0.1, -0.05) is 127 Å². The Balaban J connectivity index is 1.07. The molecular weight excluding hydrogens is 661 g/mol. The van der Waals surface area contributed by atoms with Gasteiger partial charge in [-0.05, 0) is 41.5 Å². The molecule has 2 atom stereocenters. The minimum Gasteiger partial charge on any atom is -0.309 e. The number of thiophene rings is 1. The molecule has 4 heterocycles. The molecule has 0 saturated heterocycles. The fourth-order valence-corrected chi connectivity index (χ4v) is 10.9. The molecule has 0 saturated carbocycles. The van der Waals surface area contributed by atoms with E-state index in [4.69, 9.17) is 15.0 Å². The fourth-order valence-electron chi connectivity index (χ4n) is 8.01. The standard InChI is InChI=1S/C45H28N4S2/c1-3-13-27(14-4-1)43-46-44(28-15-5-2-6-16-28)48-45(47-43)33-19-11-23-37-39(33)31-25-26-32-40-36(22-12-24-38(40)51-42(32)41(31)50-37)49-34-20-9-7-17-29(34)30-18-8-10-21-35(30)49/h1-26,32,42H. The zero-order valence-corrected chi connectivity index (χ0v) is 28.9. The van der Waals surface area contributed by atoms with Crippen molar-refractivity contribution in [3.05, 3.63) is 168 Å². The van der Waals surface area contributed by atoms with Crippen LogP contribution in [0.3, 0.4) is 0 Å². The first kappa shape index (κ1) is 29.0. The van der Waals surface area contributed by atoms with Crippen molar-refractivity contribution in [3.63, 3.8) is 0 Å². The van der Waals surface area contributed by atoms with E-state index in [0.29, 0.717) is 17.5 Å². The molecule has 11 rings (SSSR count). The summed E-state index contributed by atoms with van der Waals surface area (Å²) in [5, 5.41) is 4.08. The van der Waals surface area contributed by atoms with Gasteiger partial charge in [0, 0.05) is 53.2 Å². The maximum atomic E-state index is 5.12. The smallest absolute Gasteiger partial charge is 0.164 e. The molecule has 4 nitrogen and oxygen atoms in total. The van der Waals surface area contributed by atoms with Crippen LogP contribution in [0.4, 0.5) is 0 Å². The Morgan fingerprint density at radius 3 is 1.84 bits per heavy atom. The lowest BCUT2D eigenvalue weighted by molar-refractivity contribution is 0.824. The zero-order valence-electron chi connectivity index (χ0n) is 27.3. The van der Waals surface area contributed by atoms with Crippen LogP contribution >= 0.6 is 23.1 Å². The first-order valence-electron chi connectivity index (χ1n) is 17.2. The van der Waals surface area contributed by atoms with E-state index >= 15 is 0 Å². The summed E-state index contributed by atoms with van der Waals surface area (Å²) in [6, 6.07) is 51.4. The van der Waals surface area contributed by atoms with E-state index in [0.717, 1.165) is 16.7 Å². The number of nitrogens with zero attached hydrogens (tertiary/aromatic N) is 4. The van der Waals surface area contributed by atoms with Crippen LogP contribution in [0.2, 0.25) is 0 Å². The lowest BCUT2D eigenvalue weighted by Crippen LogP contribution is -2.08. The summed E-state index contributed by atoms with van der Waals surface area (Å²) in [5.41, 5.74) is 9.44. The lowest BCUT2D eigenvalue weighted by atomic mass is 9.87. The van der Waals surface area contributed by atoms with E-state index in [1.165, 1.54) is 58.5 Å². The van der Waals surface area contributed by atoms with Crippen LogP contribution in [0.15, 0.2) is 157 Å². The highest BCUT2D eigenvalue weighted by Gasteiger charge is 2.40. The second-order valence-electron chi connectivity index (χ2n) is 13.1. The molecule has 6 heteroatoms. The van der Waals surface area contributed by atoms with Crippen LogP contribution < -0.4 is 0 Å². The number of allylic oxidation sites excluding steroid dienone is 1. The lowest BCUT2D eigenvalue weighted by Gasteiger charge is -2.22. The topological polar surface area (TPSA) is 43.6 Å². The van der Waals surface area contributed by atoms with Gasteiger partial charge in [-0.25, -0.2) is 15.0 Å². The van der Waals surface area contributed by atoms with Gasteiger partial charge >= 0.3 is 0 Å². The molecule has 0 radical (unpaired) electrons. The van der Waals surface area contributed by atoms with Crippen LogP contribution in [0, 0.1) is 0 Å². The second-order valence-corrected chi connectivity index (χ2v) is 15.3. The highest BCUT2D eigenvalue weighted by Crippen LogP contribution is 2.62. The molecule has 0 spiro atoms. The number of hydrogen-bond acceptors (Lipinski definition) is 5. The average Bonchev–Trinajstić information content (AvgIpc) is 3.88. The van der Waals surface area contributed by atoms with Crippen LogP contribution in [0.1, 0.15) is 27.2 Å². The maximum Gasteiger partial charge on any atom is 0.164 e. The molecule has 9 aromatic rings. The highest BCUT2D eigenvalue weighted by molar-refractivity contribution is 8.00. The van der Waals surface area contributed by atoms with E-state index in [1.54, 1.807) is 0 Å². The summed E-state index contributed by atoms with van der Waals surface area (Å²) >= 11 is 3.92. The monoisotopic (exact) mass is 688 g/mol. The Hall–Kier alpha value is -5.82. The van der Waals surface area contributed by atoms with Gasteiger partial charge in [-0.15, -0.1) is 23.1 Å². The van der Waals surface area contributed by atoms with Gasteiger partial charge in [0.15, 0.2) is 17.5 Å². The zero-order chi connectivity index (χ0) is 33.5. The third-order valence-corrected chi connectivity index (χ3v) is 13.0. The SMILES string of the molecule is C1=CC2c3c(cccc3-n3c4ccccc4c4ccccc43)SC2c2sc3cccc(-c4nc(-c5ccccc5)nc(-c5ccccc5)n4)c3c21. The number of benzene rings is 6. The fraction of sp³-hybridized carbons (Fsp3) is 0.0444. The molecule has 6 aromatic carbocycles. The predicted molar refractivity (Wildman–Crippen MR) is 213 cm³/mol. The molecule has 2 unspecified atom stereocenters. The Kier molecular flexibility index (Phi) is 6.45. The predicted octanol–water partition coefficient (Wildman–Crippen LogP) is 12.1. The summed E-state index contributed by atoms with van der Waals surface area (Å²) in [6.45, 7) is 0. The van der Waals surface area contributed by atoms with Crippen molar-refractivity contribution >= 4 is 61.1 Å². The molecule has 1 aliphatic carbocycles. The number of fused-ring (bicyclic) bond motifs is 10. The molecule has 51 heavy (non-hydrogen) atoms. The summed E-state index contributed by atoms with van der Waals surface area (Å²) in [5.74, 6) is 2.31. The van der Waals surface area contributed by atoms with Crippen LogP contribution in [-0.4, -0.2) is 19.5 Å². The molecule has 0 N–H and O–H groups in total. The van der Waals surface area contributed by atoms with Crippen molar-refractivity contribution < 1.29 is 0 Å². The van der Waals surface area contributed by atoms with Crippen molar-refractivity contribution in [1.29, 1.82) is 0 Å². The minimum atomic E-state index is 0.261. The number of para-hydroxylation sites is 2. The summed E-state index contributed by atoms with van der Waals surface area (Å²) in [4.78, 5) is 18.0. The number of hydrogen-bond donors (Lipinski definition) is 0. The number of aromatic nitrogens is 4. The number of thioether (sulfide) groups is 1. The summed E-state index contributed by atoms with van der Waals surface area (Å²) < 4.78 is 3.73. The van der Waals surface area contributed by atoms with Gasteiger partial charge in [0.2, 0.25) is 0 Å². The third-order valence-electron chi connectivity index (χ3n) is 10.2. The Labute approximate surface area is 302 Å². The highest BCUT2D eigenvalue weighted by atomic mass is 32.2. The molecule has 1 aliphatic heterocycles.